The Morgan fingerprint density at radius 3 is 3.26 bits per heavy atom. The number of aromatic nitrogens is 1. The van der Waals surface area contributed by atoms with Gasteiger partial charge in [-0.25, -0.2) is 0 Å². The van der Waals surface area contributed by atoms with Gasteiger partial charge < -0.3 is 9.73 Å². The topological polar surface area (TPSA) is 38.1 Å². The van der Waals surface area contributed by atoms with Crippen molar-refractivity contribution in [3.8, 4) is 0 Å². The van der Waals surface area contributed by atoms with Crippen molar-refractivity contribution in [3.63, 3.8) is 0 Å². The number of furan rings is 1. The number of fused-ring (bicyclic) bond motifs is 2. The zero-order chi connectivity index (χ0) is 12.7. The molecule has 19 heavy (non-hydrogen) atoms. The highest BCUT2D eigenvalue weighted by molar-refractivity contribution is 5.78. The Labute approximate surface area is 112 Å². The van der Waals surface area contributed by atoms with E-state index in [-0.39, 0.29) is 0 Å². The largest absolute Gasteiger partial charge is 0.455 e. The molecule has 3 heterocycles. The summed E-state index contributed by atoms with van der Waals surface area (Å²) in [6, 6.07) is 6.52. The van der Waals surface area contributed by atoms with E-state index in [2.05, 4.69) is 22.4 Å². The van der Waals surface area contributed by atoms with E-state index in [0.29, 0.717) is 6.04 Å². The van der Waals surface area contributed by atoms with Gasteiger partial charge in [-0.15, -0.1) is 0 Å². The molecule has 2 aromatic rings. The van der Waals surface area contributed by atoms with Crippen molar-refractivity contribution in [1.82, 2.24) is 10.3 Å². The van der Waals surface area contributed by atoms with Crippen LogP contribution < -0.4 is 5.32 Å². The number of hydrogen-bond donors (Lipinski definition) is 1. The summed E-state index contributed by atoms with van der Waals surface area (Å²) in [6.07, 6.45) is 9.28. The molecule has 1 aliphatic carbocycles. The number of nitrogens with zero attached hydrogens (tertiary/aromatic N) is 1. The molecule has 1 saturated heterocycles. The first kappa shape index (κ1) is 11.2. The molecule has 0 bridgehead atoms. The first-order valence-corrected chi connectivity index (χ1v) is 7.19. The Bertz CT molecular complexity index is 595. The van der Waals surface area contributed by atoms with Gasteiger partial charge in [0.05, 0.1) is 0 Å². The fraction of sp³-hybridized carbons (Fsp3) is 0.438. The predicted octanol–water partition coefficient (Wildman–Crippen LogP) is 3.37. The third-order valence-electron chi connectivity index (χ3n) is 4.41. The number of piperidine rings is 1. The summed E-state index contributed by atoms with van der Waals surface area (Å²) in [5, 5.41) is 3.62. The Morgan fingerprint density at radius 1 is 1.32 bits per heavy atom. The van der Waals surface area contributed by atoms with Gasteiger partial charge in [-0.1, -0.05) is 6.08 Å². The third kappa shape index (κ3) is 1.98. The van der Waals surface area contributed by atoms with Gasteiger partial charge in [0.15, 0.2) is 5.58 Å². The molecule has 1 fully saturated rings. The second-order valence-electron chi connectivity index (χ2n) is 5.61. The first-order valence-electron chi connectivity index (χ1n) is 7.19. The summed E-state index contributed by atoms with van der Waals surface area (Å²) in [4.78, 5) is 4.34. The molecule has 98 valence electrons. The van der Waals surface area contributed by atoms with E-state index in [4.69, 9.17) is 4.42 Å². The van der Waals surface area contributed by atoms with Crippen molar-refractivity contribution >= 4 is 16.7 Å². The second-order valence-corrected chi connectivity index (χ2v) is 5.61. The Hall–Kier alpha value is -1.61. The van der Waals surface area contributed by atoms with Crippen LogP contribution in [0.3, 0.4) is 0 Å². The molecule has 0 amide bonds. The molecule has 3 nitrogen and oxygen atoms in total. The number of allylic oxidation sites excluding steroid dienone is 1. The summed E-state index contributed by atoms with van der Waals surface area (Å²) in [5.74, 6) is 1.82. The van der Waals surface area contributed by atoms with Crippen LogP contribution in [-0.4, -0.2) is 17.6 Å². The van der Waals surface area contributed by atoms with Crippen molar-refractivity contribution in [1.29, 1.82) is 0 Å². The summed E-state index contributed by atoms with van der Waals surface area (Å²) in [5.41, 5.74) is 3.18. The lowest BCUT2D eigenvalue weighted by Gasteiger charge is -2.34. The molecule has 2 atom stereocenters. The average Bonchev–Trinajstić information content (AvgIpc) is 2.90. The zero-order valence-corrected chi connectivity index (χ0v) is 10.9. The lowest BCUT2D eigenvalue weighted by atomic mass is 9.80. The van der Waals surface area contributed by atoms with Gasteiger partial charge in [-0.05, 0) is 55.9 Å². The zero-order valence-electron chi connectivity index (χ0n) is 10.9. The fourth-order valence-corrected chi connectivity index (χ4v) is 3.37. The normalized spacial score (nSPS) is 27.1. The SMILES string of the molecule is C1=C(c2cc3ncccc3o2)CC[C@@H]2CCCN[C@H]12. The van der Waals surface area contributed by atoms with E-state index >= 15 is 0 Å². The van der Waals surface area contributed by atoms with Gasteiger partial charge in [-0.2, -0.15) is 0 Å². The van der Waals surface area contributed by atoms with Gasteiger partial charge >= 0.3 is 0 Å². The first-order chi connectivity index (χ1) is 9.40. The molecule has 1 aliphatic heterocycles. The third-order valence-corrected chi connectivity index (χ3v) is 4.41. The van der Waals surface area contributed by atoms with Crippen molar-refractivity contribution < 1.29 is 4.42 Å². The van der Waals surface area contributed by atoms with E-state index in [1.807, 2.05) is 18.3 Å². The highest BCUT2D eigenvalue weighted by Crippen LogP contribution is 2.35. The van der Waals surface area contributed by atoms with Crippen molar-refractivity contribution in [2.75, 3.05) is 6.54 Å². The van der Waals surface area contributed by atoms with Crippen LogP contribution in [0, 0.1) is 5.92 Å². The number of nitrogens with one attached hydrogen (secondary N) is 1. The maximum absolute atomic E-state index is 5.93. The van der Waals surface area contributed by atoms with E-state index in [9.17, 15) is 0 Å². The van der Waals surface area contributed by atoms with Gasteiger partial charge in [0.25, 0.3) is 0 Å². The molecule has 2 aromatic heterocycles. The maximum Gasteiger partial charge on any atom is 0.153 e. The number of pyridine rings is 1. The Balaban J connectivity index is 1.69. The lowest BCUT2D eigenvalue weighted by molar-refractivity contribution is 0.297. The van der Waals surface area contributed by atoms with Gasteiger partial charge in [0.2, 0.25) is 0 Å². The second kappa shape index (κ2) is 4.49. The number of rotatable bonds is 1. The lowest BCUT2D eigenvalue weighted by Crippen LogP contribution is -2.41. The molecule has 0 unspecified atom stereocenters. The predicted molar refractivity (Wildman–Crippen MR) is 75.7 cm³/mol. The van der Waals surface area contributed by atoms with E-state index in [1.165, 1.54) is 24.8 Å². The Kier molecular flexibility index (Phi) is 2.66. The number of hydrogen-bond acceptors (Lipinski definition) is 3. The molecule has 1 N–H and O–H groups in total. The maximum atomic E-state index is 5.93. The van der Waals surface area contributed by atoms with E-state index in [1.54, 1.807) is 0 Å². The summed E-state index contributed by atoms with van der Waals surface area (Å²) < 4.78 is 5.93. The van der Waals surface area contributed by atoms with Gasteiger partial charge in [0.1, 0.15) is 11.3 Å². The van der Waals surface area contributed by atoms with Crippen LogP contribution in [0.25, 0.3) is 16.7 Å². The van der Waals surface area contributed by atoms with E-state index < -0.39 is 0 Å². The molecule has 4 rings (SSSR count). The minimum absolute atomic E-state index is 0.540. The Morgan fingerprint density at radius 2 is 2.32 bits per heavy atom. The van der Waals surface area contributed by atoms with Gasteiger partial charge in [-0.3, -0.25) is 4.98 Å². The van der Waals surface area contributed by atoms with Crippen molar-refractivity contribution in [2.45, 2.75) is 31.7 Å². The highest BCUT2D eigenvalue weighted by Gasteiger charge is 2.28. The molecule has 2 aliphatic rings. The monoisotopic (exact) mass is 254 g/mol. The molecular weight excluding hydrogens is 236 g/mol. The molecule has 0 aromatic carbocycles. The van der Waals surface area contributed by atoms with Crippen LogP contribution in [0.2, 0.25) is 0 Å². The minimum atomic E-state index is 0.540. The molecule has 0 radical (unpaired) electrons. The minimum Gasteiger partial charge on any atom is -0.455 e. The molecular formula is C16H18N2O. The fourth-order valence-electron chi connectivity index (χ4n) is 3.37. The summed E-state index contributed by atoms with van der Waals surface area (Å²) >= 11 is 0. The van der Waals surface area contributed by atoms with Crippen molar-refractivity contribution in [3.05, 3.63) is 36.2 Å². The van der Waals surface area contributed by atoms with Crippen LogP contribution in [0.15, 0.2) is 34.9 Å². The van der Waals surface area contributed by atoms with Crippen LogP contribution >= 0.6 is 0 Å². The molecule has 3 heteroatoms. The molecule has 0 spiro atoms. The van der Waals surface area contributed by atoms with E-state index in [0.717, 1.165) is 35.7 Å². The van der Waals surface area contributed by atoms with Crippen molar-refractivity contribution in [2.24, 2.45) is 5.92 Å². The average molecular weight is 254 g/mol. The van der Waals surface area contributed by atoms with Crippen LogP contribution in [0.1, 0.15) is 31.4 Å². The quantitative estimate of drug-likeness (QED) is 0.848. The smallest absolute Gasteiger partial charge is 0.153 e. The van der Waals surface area contributed by atoms with Gasteiger partial charge in [0, 0.05) is 18.3 Å². The van der Waals surface area contributed by atoms with Crippen LogP contribution in [-0.2, 0) is 0 Å². The molecule has 0 saturated carbocycles. The van der Waals surface area contributed by atoms with Crippen LogP contribution in [0.4, 0.5) is 0 Å². The summed E-state index contributed by atoms with van der Waals surface area (Å²) in [7, 11) is 0. The summed E-state index contributed by atoms with van der Waals surface area (Å²) in [6.45, 7) is 1.15. The van der Waals surface area contributed by atoms with Crippen LogP contribution in [0.5, 0.6) is 0 Å². The standard InChI is InChI=1S/C16H18N2O/c1-3-11-5-6-12(9-13(11)17-7-1)16-10-14-15(19-16)4-2-8-18-14/h2,4,8-11,13,17H,1,3,5-7H2/t11-,13+/m0/s1. The highest BCUT2D eigenvalue weighted by atomic mass is 16.3.